The molecule has 0 amide bonds. The molecule has 0 aromatic carbocycles. The Labute approximate surface area is 108 Å². The third kappa shape index (κ3) is 2.46. The minimum atomic E-state index is 0.0215. The van der Waals surface area contributed by atoms with Crippen LogP contribution in [-0.2, 0) is 0 Å². The first-order valence-electron chi connectivity index (χ1n) is 6.21. The molecule has 0 saturated carbocycles. The summed E-state index contributed by atoms with van der Waals surface area (Å²) in [6.07, 6.45) is 1.72. The molecule has 1 aliphatic rings. The maximum Gasteiger partial charge on any atom is 0.141 e. The Kier molecular flexibility index (Phi) is 3.52. The third-order valence-corrected chi connectivity index (χ3v) is 3.62. The molecule has 0 radical (unpaired) electrons. The van der Waals surface area contributed by atoms with Gasteiger partial charge in [0.2, 0.25) is 0 Å². The molecule has 3 N–H and O–H groups in total. The molecule has 0 aliphatic carbocycles. The molecule has 1 aromatic rings. The van der Waals surface area contributed by atoms with Crippen molar-refractivity contribution in [2.45, 2.75) is 13.0 Å². The molecule has 1 saturated heterocycles. The number of nitrogens with zero attached hydrogens (tertiary/aromatic N) is 3. The van der Waals surface area contributed by atoms with E-state index in [0.29, 0.717) is 17.7 Å². The Morgan fingerprint density at radius 2 is 2.22 bits per heavy atom. The molecule has 0 spiro atoms. The van der Waals surface area contributed by atoms with E-state index in [2.05, 4.69) is 35.8 Å². The van der Waals surface area contributed by atoms with Crippen molar-refractivity contribution < 1.29 is 0 Å². The highest BCUT2D eigenvalue weighted by molar-refractivity contribution is 5.93. The van der Waals surface area contributed by atoms with E-state index in [1.807, 2.05) is 12.1 Å². The van der Waals surface area contributed by atoms with Crippen LogP contribution < -0.4 is 10.6 Å². The molecule has 18 heavy (non-hydrogen) atoms. The minimum Gasteiger partial charge on any atom is -0.382 e. The van der Waals surface area contributed by atoms with E-state index >= 15 is 0 Å². The largest absolute Gasteiger partial charge is 0.382 e. The van der Waals surface area contributed by atoms with E-state index in [9.17, 15) is 0 Å². The molecule has 2 rings (SSSR count). The molecular weight excluding hydrogens is 226 g/mol. The highest BCUT2D eigenvalue weighted by Gasteiger charge is 2.31. The van der Waals surface area contributed by atoms with Crippen LogP contribution in [0.1, 0.15) is 12.6 Å². The van der Waals surface area contributed by atoms with Gasteiger partial charge < -0.3 is 15.5 Å². The van der Waals surface area contributed by atoms with Crippen molar-refractivity contribution >= 4 is 11.5 Å². The first kappa shape index (κ1) is 12.8. The van der Waals surface area contributed by atoms with Crippen LogP contribution in [0, 0.1) is 11.3 Å². The summed E-state index contributed by atoms with van der Waals surface area (Å²) in [6, 6.07) is 4.45. The lowest BCUT2D eigenvalue weighted by Gasteiger charge is -2.23. The molecule has 0 bridgehead atoms. The number of hydrogen-bond donors (Lipinski definition) is 2. The zero-order valence-electron chi connectivity index (χ0n) is 11.2. The fraction of sp³-hybridized carbons (Fsp3) is 0.538. The zero-order chi connectivity index (χ0) is 13.3. The molecule has 2 unspecified atom stereocenters. The maximum absolute atomic E-state index is 7.44. The van der Waals surface area contributed by atoms with Crippen molar-refractivity contribution in [2.24, 2.45) is 11.7 Å². The van der Waals surface area contributed by atoms with E-state index in [-0.39, 0.29) is 5.84 Å². The molecule has 1 fully saturated rings. The number of likely N-dealkylation sites (N-methyl/N-ethyl adjacent to an activating group) is 1. The summed E-state index contributed by atoms with van der Waals surface area (Å²) in [5.74, 6) is 0.655. The Hall–Kier alpha value is -1.62. The Morgan fingerprint density at radius 3 is 2.78 bits per heavy atom. The summed E-state index contributed by atoms with van der Waals surface area (Å²) in [6.45, 7) is 4.32. The van der Waals surface area contributed by atoms with Crippen LogP contribution in [0.5, 0.6) is 0 Å². The van der Waals surface area contributed by atoms with Crippen molar-refractivity contribution in [1.82, 2.24) is 9.88 Å². The summed E-state index contributed by atoms with van der Waals surface area (Å²) in [5.41, 5.74) is 7.13. The van der Waals surface area contributed by atoms with Gasteiger partial charge in [-0.2, -0.15) is 0 Å². The number of rotatable bonds is 3. The fourth-order valence-electron chi connectivity index (χ4n) is 2.60. The van der Waals surface area contributed by atoms with E-state index in [4.69, 9.17) is 11.1 Å². The second-order valence-corrected chi connectivity index (χ2v) is 5.23. The minimum absolute atomic E-state index is 0.0215. The van der Waals surface area contributed by atoms with Crippen LogP contribution in [0.2, 0.25) is 0 Å². The molecule has 1 aliphatic heterocycles. The topological polar surface area (TPSA) is 69.2 Å². The van der Waals surface area contributed by atoms with Gasteiger partial charge in [0, 0.05) is 31.0 Å². The lowest BCUT2D eigenvalue weighted by Crippen LogP contribution is -2.34. The van der Waals surface area contributed by atoms with Crippen LogP contribution in [-0.4, -0.2) is 48.9 Å². The summed E-state index contributed by atoms with van der Waals surface area (Å²) in [7, 11) is 4.25. The Morgan fingerprint density at radius 1 is 1.50 bits per heavy atom. The van der Waals surface area contributed by atoms with Gasteiger partial charge in [0.05, 0.1) is 0 Å². The Balaban J connectivity index is 2.18. The van der Waals surface area contributed by atoms with Crippen molar-refractivity contribution in [3.05, 3.63) is 24.0 Å². The number of aromatic nitrogens is 1. The smallest absolute Gasteiger partial charge is 0.141 e. The number of nitrogens with one attached hydrogen (secondary N) is 1. The SMILES string of the molecule is CC1CN(c2ccnc(C(=N)N)c2)CC1N(C)C. The first-order valence-corrected chi connectivity index (χ1v) is 6.21. The van der Waals surface area contributed by atoms with Crippen LogP contribution in [0.25, 0.3) is 0 Å². The normalized spacial score (nSPS) is 23.7. The monoisotopic (exact) mass is 247 g/mol. The van der Waals surface area contributed by atoms with Crippen LogP contribution in [0.3, 0.4) is 0 Å². The number of pyridine rings is 1. The zero-order valence-corrected chi connectivity index (χ0v) is 11.2. The summed E-state index contributed by atoms with van der Waals surface area (Å²) < 4.78 is 0. The highest BCUT2D eigenvalue weighted by atomic mass is 15.2. The van der Waals surface area contributed by atoms with Crippen LogP contribution in [0.15, 0.2) is 18.3 Å². The van der Waals surface area contributed by atoms with Gasteiger partial charge in [-0.25, -0.2) is 0 Å². The standard InChI is InChI=1S/C13H21N5/c1-9-7-18(8-12(9)17(2)3)10-4-5-16-11(6-10)13(14)15/h4-6,9,12H,7-8H2,1-3H3,(H3,14,15). The number of amidine groups is 1. The number of hydrogen-bond acceptors (Lipinski definition) is 4. The second-order valence-electron chi connectivity index (χ2n) is 5.23. The molecule has 5 nitrogen and oxygen atoms in total. The van der Waals surface area contributed by atoms with E-state index in [0.717, 1.165) is 18.8 Å². The molecule has 2 atom stereocenters. The summed E-state index contributed by atoms with van der Waals surface area (Å²) >= 11 is 0. The van der Waals surface area contributed by atoms with Gasteiger partial charge in [-0.05, 0) is 32.1 Å². The fourth-order valence-corrected chi connectivity index (χ4v) is 2.60. The molecule has 98 valence electrons. The average molecular weight is 247 g/mol. The van der Waals surface area contributed by atoms with Gasteiger partial charge in [-0.1, -0.05) is 6.92 Å². The van der Waals surface area contributed by atoms with Crippen molar-refractivity contribution in [1.29, 1.82) is 5.41 Å². The molecule has 2 heterocycles. The van der Waals surface area contributed by atoms with Crippen LogP contribution in [0.4, 0.5) is 5.69 Å². The second kappa shape index (κ2) is 4.94. The van der Waals surface area contributed by atoms with E-state index < -0.39 is 0 Å². The van der Waals surface area contributed by atoms with Crippen molar-refractivity contribution in [2.75, 3.05) is 32.1 Å². The quantitative estimate of drug-likeness (QED) is 0.611. The lowest BCUT2D eigenvalue weighted by molar-refractivity contribution is 0.266. The number of nitrogen functional groups attached to an aromatic ring is 1. The number of anilines is 1. The third-order valence-electron chi connectivity index (χ3n) is 3.62. The van der Waals surface area contributed by atoms with E-state index in [1.54, 1.807) is 6.20 Å². The van der Waals surface area contributed by atoms with Gasteiger partial charge in [-0.15, -0.1) is 0 Å². The van der Waals surface area contributed by atoms with E-state index in [1.165, 1.54) is 0 Å². The van der Waals surface area contributed by atoms with Gasteiger partial charge in [0.15, 0.2) is 0 Å². The first-order chi connectivity index (χ1) is 8.49. The van der Waals surface area contributed by atoms with Crippen molar-refractivity contribution in [3.63, 3.8) is 0 Å². The number of nitrogens with two attached hydrogens (primary N) is 1. The average Bonchev–Trinajstić information content (AvgIpc) is 2.71. The molecule has 1 aromatic heterocycles. The van der Waals surface area contributed by atoms with Gasteiger partial charge >= 0.3 is 0 Å². The predicted molar refractivity (Wildman–Crippen MR) is 74.1 cm³/mol. The summed E-state index contributed by atoms with van der Waals surface area (Å²) in [4.78, 5) is 8.71. The molecular formula is C13H21N5. The van der Waals surface area contributed by atoms with Gasteiger partial charge in [0.1, 0.15) is 11.5 Å². The Bertz CT molecular complexity index is 443. The lowest BCUT2D eigenvalue weighted by atomic mass is 10.1. The van der Waals surface area contributed by atoms with Crippen molar-refractivity contribution in [3.8, 4) is 0 Å². The predicted octanol–water partition coefficient (Wildman–Crippen LogP) is 0.752. The summed E-state index contributed by atoms with van der Waals surface area (Å²) in [5, 5.41) is 7.44. The van der Waals surface area contributed by atoms with Gasteiger partial charge in [0.25, 0.3) is 0 Å². The maximum atomic E-state index is 7.44. The van der Waals surface area contributed by atoms with Gasteiger partial charge in [-0.3, -0.25) is 10.4 Å². The highest BCUT2D eigenvalue weighted by Crippen LogP contribution is 2.26. The van der Waals surface area contributed by atoms with Crippen LogP contribution >= 0.6 is 0 Å². The molecule has 5 heteroatoms.